The van der Waals surface area contributed by atoms with Gasteiger partial charge in [-0.1, -0.05) is 0 Å². The van der Waals surface area contributed by atoms with E-state index in [0.29, 0.717) is 0 Å². The zero-order chi connectivity index (χ0) is 14.8. The van der Waals surface area contributed by atoms with E-state index >= 15 is 0 Å². The van der Waals surface area contributed by atoms with E-state index in [1.165, 1.54) is 19.2 Å². The number of methoxy groups -OCH3 is 1. The molecule has 0 radical (unpaired) electrons. The Hall–Kier alpha value is -2.15. The fourth-order valence-corrected chi connectivity index (χ4v) is 2.61. The number of nitrogens with one attached hydrogen (secondary N) is 1. The molecule has 0 aliphatic heterocycles. The first-order chi connectivity index (χ1) is 9.42. The summed E-state index contributed by atoms with van der Waals surface area (Å²) >= 11 is 0. The quantitative estimate of drug-likeness (QED) is 0.944. The average Bonchev–Trinajstić information content (AvgIpc) is 2.41. The van der Waals surface area contributed by atoms with Gasteiger partial charge in [-0.3, -0.25) is 4.72 Å². The Kier molecular flexibility index (Phi) is 3.89. The van der Waals surface area contributed by atoms with Crippen molar-refractivity contribution in [1.82, 2.24) is 0 Å². The van der Waals surface area contributed by atoms with Crippen LogP contribution in [0, 0.1) is 11.6 Å². The fraction of sp³-hybridized carbons (Fsp3) is 0.0769. The Morgan fingerprint density at radius 1 is 1.05 bits per heavy atom. The van der Waals surface area contributed by atoms with Crippen LogP contribution in [0.25, 0.3) is 0 Å². The number of halogens is 2. The molecule has 0 heterocycles. The van der Waals surface area contributed by atoms with Gasteiger partial charge >= 0.3 is 0 Å². The Balaban J connectivity index is 2.33. The van der Waals surface area contributed by atoms with Crippen LogP contribution in [0.1, 0.15) is 0 Å². The zero-order valence-electron chi connectivity index (χ0n) is 10.4. The van der Waals surface area contributed by atoms with Crippen LogP contribution >= 0.6 is 0 Å². The molecule has 0 saturated heterocycles. The van der Waals surface area contributed by atoms with Gasteiger partial charge in [0.2, 0.25) is 0 Å². The van der Waals surface area contributed by atoms with Crippen LogP contribution in [-0.2, 0) is 10.0 Å². The minimum atomic E-state index is -3.89. The molecule has 4 nitrogen and oxygen atoms in total. The molecule has 0 saturated carbocycles. The molecule has 106 valence electrons. The lowest BCUT2D eigenvalue weighted by Gasteiger charge is -2.09. The molecule has 7 heteroatoms. The molecular weight excluding hydrogens is 288 g/mol. The van der Waals surface area contributed by atoms with Crippen molar-refractivity contribution in [3.8, 4) is 5.75 Å². The number of benzene rings is 2. The molecule has 2 rings (SSSR count). The monoisotopic (exact) mass is 299 g/mol. The predicted molar refractivity (Wildman–Crippen MR) is 70.2 cm³/mol. The highest BCUT2D eigenvalue weighted by Crippen LogP contribution is 2.23. The molecule has 0 bridgehead atoms. The van der Waals surface area contributed by atoms with Crippen molar-refractivity contribution >= 4 is 15.7 Å². The molecule has 0 atom stereocenters. The molecule has 0 unspecified atom stereocenters. The summed E-state index contributed by atoms with van der Waals surface area (Å²) in [6, 6.07) is 8.01. The number of sulfonamides is 1. The van der Waals surface area contributed by atoms with Gasteiger partial charge in [0.05, 0.1) is 12.0 Å². The molecule has 0 fully saturated rings. The third kappa shape index (κ3) is 3.05. The van der Waals surface area contributed by atoms with Gasteiger partial charge < -0.3 is 4.74 Å². The van der Waals surface area contributed by atoms with Crippen molar-refractivity contribution in [3.63, 3.8) is 0 Å². The van der Waals surface area contributed by atoms with Crippen LogP contribution in [0.3, 0.4) is 0 Å². The van der Waals surface area contributed by atoms with Gasteiger partial charge in [0.25, 0.3) is 10.0 Å². The summed E-state index contributed by atoms with van der Waals surface area (Å²) < 4.78 is 57.2. The largest absolute Gasteiger partial charge is 0.494 e. The molecule has 0 aliphatic rings. The topological polar surface area (TPSA) is 55.4 Å². The van der Waals surface area contributed by atoms with E-state index in [9.17, 15) is 17.2 Å². The van der Waals surface area contributed by atoms with Crippen LogP contribution < -0.4 is 9.46 Å². The lowest BCUT2D eigenvalue weighted by Crippen LogP contribution is -2.13. The summed E-state index contributed by atoms with van der Waals surface area (Å²) in [5.41, 5.74) is 0.203. The maximum absolute atomic E-state index is 13.2. The number of hydrogen-bond acceptors (Lipinski definition) is 3. The molecule has 2 aromatic carbocycles. The second-order valence-electron chi connectivity index (χ2n) is 3.91. The van der Waals surface area contributed by atoms with E-state index in [0.717, 1.165) is 30.3 Å². The summed E-state index contributed by atoms with van der Waals surface area (Å²) in [4.78, 5) is -0.153. The Morgan fingerprint density at radius 3 is 2.30 bits per heavy atom. The van der Waals surface area contributed by atoms with Gasteiger partial charge in [0.15, 0.2) is 11.6 Å². The van der Waals surface area contributed by atoms with Crippen LogP contribution in [-0.4, -0.2) is 15.5 Å². The SMILES string of the molecule is COc1cc(S(=O)(=O)Nc2ccc(F)cc2)ccc1F. The molecular formula is C13H11F2NO3S. The Bertz CT molecular complexity index is 715. The fourth-order valence-electron chi connectivity index (χ4n) is 1.54. The molecule has 0 aromatic heterocycles. The van der Waals surface area contributed by atoms with Crippen molar-refractivity contribution < 1.29 is 21.9 Å². The minimum Gasteiger partial charge on any atom is -0.494 e. The minimum absolute atomic E-state index is 0.153. The zero-order valence-corrected chi connectivity index (χ0v) is 11.2. The van der Waals surface area contributed by atoms with E-state index < -0.39 is 21.7 Å². The van der Waals surface area contributed by atoms with Crippen molar-refractivity contribution in [1.29, 1.82) is 0 Å². The third-order valence-corrected chi connectivity index (χ3v) is 3.91. The molecule has 2 aromatic rings. The molecule has 0 spiro atoms. The molecule has 20 heavy (non-hydrogen) atoms. The van der Waals surface area contributed by atoms with Gasteiger partial charge in [0.1, 0.15) is 5.82 Å². The maximum Gasteiger partial charge on any atom is 0.262 e. The first-order valence-electron chi connectivity index (χ1n) is 5.54. The van der Waals surface area contributed by atoms with E-state index in [1.54, 1.807) is 0 Å². The first-order valence-corrected chi connectivity index (χ1v) is 7.02. The number of rotatable bonds is 4. The van der Waals surface area contributed by atoms with Crippen LogP contribution in [0.15, 0.2) is 47.4 Å². The summed E-state index contributed by atoms with van der Waals surface area (Å²) in [6.07, 6.45) is 0. The second kappa shape index (κ2) is 5.46. The number of anilines is 1. The Morgan fingerprint density at radius 2 is 1.70 bits per heavy atom. The van der Waals surface area contributed by atoms with Crippen molar-refractivity contribution in [3.05, 3.63) is 54.1 Å². The van der Waals surface area contributed by atoms with Gasteiger partial charge in [-0.15, -0.1) is 0 Å². The first kappa shape index (κ1) is 14.3. The highest BCUT2D eigenvalue weighted by molar-refractivity contribution is 7.92. The van der Waals surface area contributed by atoms with Crippen LogP contribution in [0.2, 0.25) is 0 Å². The smallest absolute Gasteiger partial charge is 0.262 e. The molecule has 0 amide bonds. The highest BCUT2D eigenvalue weighted by Gasteiger charge is 2.16. The normalized spacial score (nSPS) is 11.2. The standard InChI is InChI=1S/C13H11F2NO3S/c1-19-13-8-11(6-7-12(13)15)20(17,18)16-10-4-2-9(14)3-5-10/h2-8,16H,1H3. The van der Waals surface area contributed by atoms with Crippen LogP contribution in [0.5, 0.6) is 5.75 Å². The maximum atomic E-state index is 13.2. The second-order valence-corrected chi connectivity index (χ2v) is 5.59. The van der Waals surface area contributed by atoms with Gasteiger partial charge in [-0.25, -0.2) is 17.2 Å². The van der Waals surface area contributed by atoms with Gasteiger partial charge in [-0.2, -0.15) is 0 Å². The lowest BCUT2D eigenvalue weighted by atomic mass is 10.3. The number of hydrogen-bond donors (Lipinski definition) is 1. The summed E-state index contributed by atoms with van der Waals surface area (Å²) in [5, 5.41) is 0. The predicted octanol–water partition coefficient (Wildman–Crippen LogP) is 2.77. The van der Waals surface area contributed by atoms with E-state index in [2.05, 4.69) is 4.72 Å². The summed E-state index contributed by atoms with van der Waals surface area (Å²) in [7, 11) is -2.66. The number of ether oxygens (including phenoxy) is 1. The third-order valence-electron chi connectivity index (χ3n) is 2.53. The van der Waals surface area contributed by atoms with E-state index in [4.69, 9.17) is 4.74 Å². The van der Waals surface area contributed by atoms with Crippen molar-refractivity contribution in [2.45, 2.75) is 4.90 Å². The van der Waals surface area contributed by atoms with E-state index in [-0.39, 0.29) is 16.3 Å². The summed E-state index contributed by atoms with van der Waals surface area (Å²) in [6.45, 7) is 0. The van der Waals surface area contributed by atoms with E-state index in [1.807, 2.05) is 0 Å². The van der Waals surface area contributed by atoms with Gasteiger partial charge in [0, 0.05) is 11.8 Å². The lowest BCUT2D eigenvalue weighted by molar-refractivity contribution is 0.385. The molecule has 1 N–H and O–H groups in total. The van der Waals surface area contributed by atoms with Crippen molar-refractivity contribution in [2.75, 3.05) is 11.8 Å². The van der Waals surface area contributed by atoms with Crippen molar-refractivity contribution in [2.24, 2.45) is 0 Å². The van der Waals surface area contributed by atoms with Crippen LogP contribution in [0.4, 0.5) is 14.5 Å². The highest BCUT2D eigenvalue weighted by atomic mass is 32.2. The summed E-state index contributed by atoms with van der Waals surface area (Å²) in [5.74, 6) is -1.31. The average molecular weight is 299 g/mol. The van der Waals surface area contributed by atoms with Gasteiger partial charge in [-0.05, 0) is 36.4 Å². The Labute approximate surface area is 115 Å². The molecule has 0 aliphatic carbocycles.